The van der Waals surface area contributed by atoms with Crippen LogP contribution < -0.4 is 4.72 Å². The summed E-state index contributed by atoms with van der Waals surface area (Å²) in [6.45, 7) is 2.30. The molecule has 0 aliphatic carbocycles. The van der Waals surface area contributed by atoms with E-state index in [1.165, 1.54) is 0 Å². The average molecular weight is 324 g/mol. The predicted octanol–water partition coefficient (Wildman–Crippen LogP) is 3.31. The van der Waals surface area contributed by atoms with Gasteiger partial charge in [0, 0.05) is 11.6 Å². The zero-order chi connectivity index (χ0) is 15.3. The van der Waals surface area contributed by atoms with Crippen molar-refractivity contribution in [2.24, 2.45) is 0 Å². The van der Waals surface area contributed by atoms with Crippen LogP contribution in [0, 0.1) is 6.92 Å². The zero-order valence-electron chi connectivity index (χ0n) is 11.8. The molecular formula is C16H18ClNO2S. The van der Waals surface area contributed by atoms with Crippen LogP contribution in [0.25, 0.3) is 0 Å². The van der Waals surface area contributed by atoms with Gasteiger partial charge in [-0.3, -0.25) is 0 Å². The first-order chi connectivity index (χ1) is 9.96. The SMILES string of the molecule is Cc1ccccc1CS(=O)(=O)NCCc1ccc(Cl)cc1. The van der Waals surface area contributed by atoms with E-state index in [1.807, 2.05) is 43.3 Å². The molecule has 0 aromatic heterocycles. The molecule has 0 bridgehead atoms. The monoisotopic (exact) mass is 323 g/mol. The fraction of sp³-hybridized carbons (Fsp3) is 0.250. The van der Waals surface area contributed by atoms with Gasteiger partial charge in [0.2, 0.25) is 10.0 Å². The summed E-state index contributed by atoms with van der Waals surface area (Å²) in [5, 5.41) is 0.680. The molecule has 112 valence electrons. The largest absolute Gasteiger partial charge is 0.215 e. The highest BCUT2D eigenvalue weighted by Gasteiger charge is 2.12. The number of aryl methyl sites for hydroxylation is 1. The van der Waals surface area contributed by atoms with E-state index in [-0.39, 0.29) is 5.75 Å². The molecule has 0 aliphatic heterocycles. The summed E-state index contributed by atoms with van der Waals surface area (Å²) < 4.78 is 26.8. The third-order valence-corrected chi connectivity index (χ3v) is 4.84. The fourth-order valence-corrected chi connectivity index (χ4v) is 3.40. The van der Waals surface area contributed by atoms with Crippen LogP contribution in [0.4, 0.5) is 0 Å². The Kier molecular flexibility index (Phi) is 5.39. The molecule has 2 aromatic rings. The van der Waals surface area contributed by atoms with Crippen LogP contribution >= 0.6 is 11.6 Å². The van der Waals surface area contributed by atoms with Crippen molar-refractivity contribution in [2.75, 3.05) is 6.54 Å². The van der Waals surface area contributed by atoms with Crippen molar-refractivity contribution < 1.29 is 8.42 Å². The molecule has 1 N–H and O–H groups in total. The molecule has 3 nitrogen and oxygen atoms in total. The Morgan fingerprint density at radius 3 is 2.38 bits per heavy atom. The molecule has 2 aromatic carbocycles. The Labute approximate surface area is 131 Å². The van der Waals surface area contributed by atoms with Gasteiger partial charge in [-0.1, -0.05) is 48.0 Å². The molecule has 0 fully saturated rings. The van der Waals surface area contributed by atoms with E-state index in [4.69, 9.17) is 11.6 Å². The maximum Gasteiger partial charge on any atom is 0.215 e. The van der Waals surface area contributed by atoms with E-state index in [2.05, 4.69) is 4.72 Å². The minimum absolute atomic E-state index is 0.0142. The summed E-state index contributed by atoms with van der Waals surface area (Å²) in [7, 11) is -3.31. The fourth-order valence-electron chi connectivity index (χ4n) is 2.03. The first-order valence-corrected chi connectivity index (χ1v) is 8.75. The second kappa shape index (κ2) is 7.07. The number of hydrogen-bond acceptors (Lipinski definition) is 2. The van der Waals surface area contributed by atoms with E-state index in [0.717, 1.165) is 16.7 Å². The number of halogens is 1. The first kappa shape index (κ1) is 16.0. The minimum atomic E-state index is -3.31. The maximum absolute atomic E-state index is 12.1. The van der Waals surface area contributed by atoms with Crippen molar-refractivity contribution in [3.05, 3.63) is 70.2 Å². The lowest BCUT2D eigenvalue weighted by Crippen LogP contribution is -2.27. The Balaban J connectivity index is 1.90. The van der Waals surface area contributed by atoms with E-state index in [1.54, 1.807) is 12.1 Å². The molecule has 0 atom stereocenters. The summed E-state index contributed by atoms with van der Waals surface area (Å²) in [5.74, 6) is 0.0142. The van der Waals surface area contributed by atoms with Gasteiger partial charge in [-0.2, -0.15) is 0 Å². The van der Waals surface area contributed by atoms with E-state index >= 15 is 0 Å². The topological polar surface area (TPSA) is 46.2 Å². The van der Waals surface area contributed by atoms with Gasteiger partial charge in [0.05, 0.1) is 5.75 Å². The molecule has 0 aliphatic rings. The number of hydrogen-bond donors (Lipinski definition) is 1. The second-order valence-electron chi connectivity index (χ2n) is 4.96. The van der Waals surface area contributed by atoms with Gasteiger partial charge in [-0.05, 0) is 42.2 Å². The highest BCUT2D eigenvalue weighted by atomic mass is 35.5. The van der Waals surface area contributed by atoms with E-state index < -0.39 is 10.0 Å². The lowest BCUT2D eigenvalue weighted by atomic mass is 10.1. The van der Waals surface area contributed by atoms with Gasteiger partial charge in [0.1, 0.15) is 0 Å². The molecule has 0 unspecified atom stereocenters. The normalized spacial score (nSPS) is 11.5. The van der Waals surface area contributed by atoms with Gasteiger partial charge < -0.3 is 0 Å². The number of sulfonamides is 1. The Bertz CT molecular complexity index is 696. The van der Waals surface area contributed by atoms with Crippen molar-refractivity contribution in [1.82, 2.24) is 4.72 Å². The number of rotatable bonds is 6. The summed E-state index contributed by atoms with van der Waals surface area (Å²) in [5.41, 5.74) is 2.87. The smallest absolute Gasteiger partial charge is 0.215 e. The van der Waals surface area contributed by atoms with Crippen LogP contribution in [0.2, 0.25) is 5.02 Å². The van der Waals surface area contributed by atoms with Crippen molar-refractivity contribution in [1.29, 1.82) is 0 Å². The minimum Gasteiger partial charge on any atom is -0.215 e. The van der Waals surface area contributed by atoms with Crippen molar-refractivity contribution in [3.63, 3.8) is 0 Å². The van der Waals surface area contributed by atoms with E-state index in [0.29, 0.717) is 18.0 Å². The van der Waals surface area contributed by atoms with Crippen LogP contribution in [0.5, 0.6) is 0 Å². The Morgan fingerprint density at radius 2 is 1.71 bits per heavy atom. The molecule has 21 heavy (non-hydrogen) atoms. The molecular weight excluding hydrogens is 306 g/mol. The lowest BCUT2D eigenvalue weighted by molar-refractivity contribution is 0.580. The molecule has 2 rings (SSSR count). The highest BCUT2D eigenvalue weighted by molar-refractivity contribution is 7.88. The summed E-state index contributed by atoms with van der Waals surface area (Å²) in [6.07, 6.45) is 0.643. The zero-order valence-corrected chi connectivity index (χ0v) is 13.4. The third kappa shape index (κ3) is 5.16. The Morgan fingerprint density at radius 1 is 1.05 bits per heavy atom. The first-order valence-electron chi connectivity index (χ1n) is 6.72. The van der Waals surface area contributed by atoms with Gasteiger partial charge in [-0.25, -0.2) is 13.1 Å². The maximum atomic E-state index is 12.1. The quantitative estimate of drug-likeness (QED) is 0.886. The van der Waals surface area contributed by atoms with Crippen molar-refractivity contribution in [2.45, 2.75) is 19.1 Å². The van der Waals surface area contributed by atoms with Crippen LogP contribution in [-0.2, 0) is 22.2 Å². The molecule has 5 heteroatoms. The molecule has 0 spiro atoms. The van der Waals surface area contributed by atoms with Crippen molar-refractivity contribution in [3.8, 4) is 0 Å². The highest BCUT2D eigenvalue weighted by Crippen LogP contribution is 2.11. The molecule has 0 saturated heterocycles. The van der Waals surface area contributed by atoms with Gasteiger partial charge in [-0.15, -0.1) is 0 Å². The predicted molar refractivity (Wildman–Crippen MR) is 87.0 cm³/mol. The summed E-state index contributed by atoms with van der Waals surface area (Å²) in [6, 6.07) is 14.9. The van der Waals surface area contributed by atoms with Gasteiger partial charge in [0.25, 0.3) is 0 Å². The standard InChI is InChI=1S/C16H18ClNO2S/c1-13-4-2-3-5-15(13)12-21(19,20)18-11-10-14-6-8-16(17)9-7-14/h2-9,18H,10-12H2,1H3. The van der Waals surface area contributed by atoms with Crippen LogP contribution in [0.15, 0.2) is 48.5 Å². The van der Waals surface area contributed by atoms with Crippen LogP contribution in [-0.4, -0.2) is 15.0 Å². The number of nitrogens with one attached hydrogen (secondary N) is 1. The van der Waals surface area contributed by atoms with Crippen molar-refractivity contribution >= 4 is 21.6 Å². The number of benzene rings is 2. The molecule has 0 saturated carbocycles. The van der Waals surface area contributed by atoms with Crippen LogP contribution in [0.1, 0.15) is 16.7 Å². The Hall–Kier alpha value is -1.36. The summed E-state index contributed by atoms with van der Waals surface area (Å²) >= 11 is 5.81. The molecule has 0 amide bonds. The third-order valence-electron chi connectivity index (χ3n) is 3.26. The molecule has 0 radical (unpaired) electrons. The van der Waals surface area contributed by atoms with Gasteiger partial charge in [0.15, 0.2) is 0 Å². The second-order valence-corrected chi connectivity index (χ2v) is 7.20. The lowest BCUT2D eigenvalue weighted by Gasteiger charge is -2.09. The average Bonchev–Trinajstić information content (AvgIpc) is 2.43. The van der Waals surface area contributed by atoms with Crippen LogP contribution in [0.3, 0.4) is 0 Å². The summed E-state index contributed by atoms with van der Waals surface area (Å²) in [4.78, 5) is 0. The van der Waals surface area contributed by atoms with Gasteiger partial charge >= 0.3 is 0 Å². The molecule has 0 heterocycles. The van der Waals surface area contributed by atoms with E-state index in [9.17, 15) is 8.42 Å².